The summed E-state index contributed by atoms with van der Waals surface area (Å²) >= 11 is 0. The molecule has 2 nitrogen and oxygen atoms in total. The molecular formula is C15H22N2. The fraction of sp³-hybridized carbons (Fsp3) is 0.600. The van der Waals surface area contributed by atoms with Crippen molar-refractivity contribution >= 4 is 5.69 Å². The lowest BCUT2D eigenvalue weighted by atomic mass is 9.89. The number of benzene rings is 1. The quantitative estimate of drug-likeness (QED) is 0.834. The number of hydrogen-bond acceptors (Lipinski definition) is 2. The summed E-state index contributed by atoms with van der Waals surface area (Å²) in [7, 11) is 0. The molecule has 0 saturated heterocycles. The fourth-order valence-corrected chi connectivity index (χ4v) is 2.87. The average molecular weight is 230 g/mol. The molecule has 1 aliphatic carbocycles. The lowest BCUT2D eigenvalue weighted by molar-refractivity contribution is 0.317. The lowest BCUT2D eigenvalue weighted by Gasteiger charge is -2.32. The van der Waals surface area contributed by atoms with E-state index in [4.69, 9.17) is 0 Å². The van der Waals surface area contributed by atoms with Gasteiger partial charge in [0.15, 0.2) is 0 Å². The molecule has 1 atom stereocenters. The van der Waals surface area contributed by atoms with Gasteiger partial charge >= 0.3 is 0 Å². The molecule has 2 aliphatic rings. The topological polar surface area (TPSA) is 24.1 Å². The molecule has 0 bridgehead atoms. The molecule has 0 amide bonds. The fourth-order valence-electron chi connectivity index (χ4n) is 2.87. The van der Waals surface area contributed by atoms with Crippen molar-refractivity contribution < 1.29 is 0 Å². The van der Waals surface area contributed by atoms with E-state index in [-0.39, 0.29) is 0 Å². The lowest BCUT2D eigenvalue weighted by Crippen LogP contribution is -2.41. The van der Waals surface area contributed by atoms with Crippen LogP contribution in [0.15, 0.2) is 18.2 Å². The maximum atomic E-state index is 3.69. The van der Waals surface area contributed by atoms with Gasteiger partial charge < -0.3 is 10.6 Å². The number of anilines is 1. The van der Waals surface area contributed by atoms with Gasteiger partial charge in [-0.25, -0.2) is 0 Å². The maximum absolute atomic E-state index is 3.69. The summed E-state index contributed by atoms with van der Waals surface area (Å²) < 4.78 is 0. The molecule has 1 aromatic rings. The molecule has 3 rings (SSSR count). The summed E-state index contributed by atoms with van der Waals surface area (Å²) in [6.07, 6.45) is 5.41. The standard InChI is InChI=1S/C15H22N2/c1-11-4-2-5-13-8-12(10-17-15(11)13)9-16-14-6-3-7-14/h2,4-5,12,14,16-17H,3,6-10H2,1H3. The molecule has 1 unspecified atom stereocenters. The van der Waals surface area contributed by atoms with E-state index in [2.05, 4.69) is 35.8 Å². The summed E-state index contributed by atoms with van der Waals surface area (Å²) in [5.41, 5.74) is 4.26. The van der Waals surface area contributed by atoms with Crippen LogP contribution in [0, 0.1) is 12.8 Å². The zero-order valence-electron chi connectivity index (χ0n) is 10.6. The van der Waals surface area contributed by atoms with E-state index >= 15 is 0 Å². The maximum Gasteiger partial charge on any atom is 0.0402 e. The minimum Gasteiger partial charge on any atom is -0.384 e. The Morgan fingerprint density at radius 2 is 2.24 bits per heavy atom. The molecule has 0 aromatic heterocycles. The molecule has 1 heterocycles. The van der Waals surface area contributed by atoms with E-state index in [1.165, 1.54) is 49.0 Å². The van der Waals surface area contributed by atoms with E-state index in [1.54, 1.807) is 0 Å². The number of nitrogens with one attached hydrogen (secondary N) is 2. The third kappa shape index (κ3) is 2.32. The van der Waals surface area contributed by atoms with Crippen LogP contribution in [0.25, 0.3) is 0 Å². The van der Waals surface area contributed by atoms with E-state index < -0.39 is 0 Å². The smallest absolute Gasteiger partial charge is 0.0402 e. The van der Waals surface area contributed by atoms with Gasteiger partial charge in [0.1, 0.15) is 0 Å². The highest BCUT2D eigenvalue weighted by molar-refractivity contribution is 5.58. The minimum atomic E-state index is 0.755. The number of aryl methyl sites for hydroxylation is 1. The van der Waals surface area contributed by atoms with Crippen molar-refractivity contribution in [3.8, 4) is 0 Å². The Morgan fingerprint density at radius 1 is 1.35 bits per heavy atom. The van der Waals surface area contributed by atoms with E-state index in [1.807, 2.05) is 0 Å². The second-order valence-electron chi connectivity index (χ2n) is 5.60. The summed E-state index contributed by atoms with van der Waals surface area (Å²) in [6, 6.07) is 7.45. The number of rotatable bonds is 3. The highest BCUT2D eigenvalue weighted by Crippen LogP contribution is 2.28. The van der Waals surface area contributed by atoms with Crippen LogP contribution in [0.1, 0.15) is 30.4 Å². The summed E-state index contributed by atoms with van der Waals surface area (Å²) in [4.78, 5) is 0. The van der Waals surface area contributed by atoms with Gasteiger partial charge in [-0.3, -0.25) is 0 Å². The second-order valence-corrected chi connectivity index (χ2v) is 5.60. The third-order valence-corrected chi connectivity index (χ3v) is 4.24. The van der Waals surface area contributed by atoms with Gasteiger partial charge in [0.25, 0.3) is 0 Å². The van der Waals surface area contributed by atoms with E-state index in [0.717, 1.165) is 18.5 Å². The van der Waals surface area contributed by atoms with Gasteiger partial charge in [0.2, 0.25) is 0 Å². The first-order chi connectivity index (χ1) is 8.33. The van der Waals surface area contributed by atoms with Gasteiger partial charge in [0.05, 0.1) is 0 Å². The van der Waals surface area contributed by atoms with Crippen LogP contribution in [0.3, 0.4) is 0 Å². The van der Waals surface area contributed by atoms with Crippen molar-refractivity contribution in [3.05, 3.63) is 29.3 Å². The van der Waals surface area contributed by atoms with Crippen molar-refractivity contribution in [3.63, 3.8) is 0 Å². The Hall–Kier alpha value is -1.02. The SMILES string of the molecule is Cc1cccc2c1NCC(CNC1CCC1)C2. The first-order valence-corrected chi connectivity index (χ1v) is 6.88. The summed E-state index contributed by atoms with van der Waals surface area (Å²) in [6.45, 7) is 4.49. The van der Waals surface area contributed by atoms with Crippen LogP contribution in [-0.2, 0) is 6.42 Å². The Bertz CT molecular complexity index is 396. The molecule has 1 aliphatic heterocycles. The van der Waals surface area contributed by atoms with E-state index in [0.29, 0.717) is 0 Å². The van der Waals surface area contributed by atoms with Gasteiger partial charge in [-0.1, -0.05) is 24.6 Å². The Kier molecular flexibility index (Phi) is 3.06. The molecule has 0 spiro atoms. The van der Waals surface area contributed by atoms with Crippen molar-refractivity contribution in [2.24, 2.45) is 5.92 Å². The number of para-hydroxylation sites is 1. The minimum absolute atomic E-state index is 0.755. The van der Waals surface area contributed by atoms with Crippen molar-refractivity contribution in [1.82, 2.24) is 5.32 Å². The Balaban J connectivity index is 1.60. The Labute approximate surface area is 104 Å². The molecule has 1 fully saturated rings. The molecule has 17 heavy (non-hydrogen) atoms. The highest BCUT2D eigenvalue weighted by Gasteiger charge is 2.22. The van der Waals surface area contributed by atoms with Crippen LogP contribution >= 0.6 is 0 Å². The van der Waals surface area contributed by atoms with Gasteiger partial charge in [-0.05, 0) is 43.2 Å². The molecular weight excluding hydrogens is 208 g/mol. The molecule has 92 valence electrons. The number of hydrogen-bond donors (Lipinski definition) is 2. The Morgan fingerprint density at radius 3 is 3.00 bits per heavy atom. The van der Waals surface area contributed by atoms with Crippen LogP contribution in [0.5, 0.6) is 0 Å². The molecule has 2 N–H and O–H groups in total. The first kappa shape index (κ1) is 11.1. The molecule has 2 heteroatoms. The average Bonchev–Trinajstić information content (AvgIpc) is 2.27. The number of fused-ring (bicyclic) bond motifs is 1. The highest BCUT2D eigenvalue weighted by atomic mass is 15.0. The van der Waals surface area contributed by atoms with Crippen molar-refractivity contribution in [1.29, 1.82) is 0 Å². The predicted molar refractivity (Wildman–Crippen MR) is 72.5 cm³/mol. The summed E-state index contributed by atoms with van der Waals surface area (Å²) in [5, 5.41) is 7.29. The second kappa shape index (κ2) is 4.69. The molecule has 0 radical (unpaired) electrons. The monoisotopic (exact) mass is 230 g/mol. The largest absolute Gasteiger partial charge is 0.384 e. The zero-order chi connectivity index (χ0) is 11.7. The van der Waals surface area contributed by atoms with Gasteiger partial charge in [0, 0.05) is 24.8 Å². The van der Waals surface area contributed by atoms with Crippen LogP contribution < -0.4 is 10.6 Å². The van der Waals surface area contributed by atoms with Crippen LogP contribution in [0.2, 0.25) is 0 Å². The zero-order valence-corrected chi connectivity index (χ0v) is 10.6. The predicted octanol–water partition coefficient (Wildman–Crippen LogP) is 2.72. The van der Waals surface area contributed by atoms with Gasteiger partial charge in [-0.2, -0.15) is 0 Å². The van der Waals surface area contributed by atoms with E-state index in [9.17, 15) is 0 Å². The molecule has 1 saturated carbocycles. The summed E-state index contributed by atoms with van der Waals surface area (Å²) in [5.74, 6) is 0.755. The normalized spacial score (nSPS) is 23.7. The first-order valence-electron chi connectivity index (χ1n) is 6.88. The third-order valence-electron chi connectivity index (χ3n) is 4.24. The van der Waals surface area contributed by atoms with Crippen LogP contribution in [0.4, 0.5) is 5.69 Å². The van der Waals surface area contributed by atoms with Crippen LogP contribution in [-0.4, -0.2) is 19.1 Å². The van der Waals surface area contributed by atoms with Crippen molar-refractivity contribution in [2.45, 2.75) is 38.6 Å². The molecule has 1 aromatic carbocycles. The van der Waals surface area contributed by atoms with Gasteiger partial charge in [-0.15, -0.1) is 0 Å². The van der Waals surface area contributed by atoms with Crippen molar-refractivity contribution in [2.75, 3.05) is 18.4 Å².